The molecular weight excluding hydrogens is 282 g/mol. The minimum absolute atomic E-state index is 0.0129. The van der Waals surface area contributed by atoms with Crippen LogP contribution in [0.15, 0.2) is 60.7 Å². The van der Waals surface area contributed by atoms with Gasteiger partial charge in [0, 0.05) is 35.8 Å². The quantitative estimate of drug-likeness (QED) is 0.629. The fourth-order valence-electron chi connectivity index (χ4n) is 2.52. The molecule has 2 aromatic rings. The highest BCUT2D eigenvalue weighted by atomic mass is 35.5. The average molecular weight is 298 g/mol. The Hall–Kier alpha value is -1.90. The lowest BCUT2D eigenvalue weighted by molar-refractivity contribution is 0.103. The molecule has 106 valence electrons. The van der Waals surface area contributed by atoms with E-state index >= 15 is 0 Å². The molecule has 3 rings (SSSR count). The second-order valence-electron chi connectivity index (χ2n) is 5.21. The number of nitrogens with zero attached hydrogens (tertiary/aromatic N) is 1. The standard InChI is InChI=1S/C18H16ClNO/c19-17-8-4-7-16(12-17)18(21)15-6-3-5-14(11-15)13-20-9-1-2-10-20/h1-8,11-12H,9-10,13H2. The largest absolute Gasteiger partial charge is 0.292 e. The van der Waals surface area contributed by atoms with Crippen LogP contribution in [0.1, 0.15) is 21.5 Å². The molecule has 0 atom stereocenters. The zero-order chi connectivity index (χ0) is 14.7. The number of ketones is 1. The van der Waals surface area contributed by atoms with Gasteiger partial charge >= 0.3 is 0 Å². The smallest absolute Gasteiger partial charge is 0.193 e. The number of rotatable bonds is 4. The van der Waals surface area contributed by atoms with Gasteiger partial charge in [0.15, 0.2) is 5.78 Å². The number of benzene rings is 2. The Balaban J connectivity index is 1.80. The molecule has 0 unspecified atom stereocenters. The normalized spacial score (nSPS) is 14.5. The van der Waals surface area contributed by atoms with Gasteiger partial charge < -0.3 is 0 Å². The average Bonchev–Trinajstić information content (AvgIpc) is 3.00. The van der Waals surface area contributed by atoms with Crippen LogP contribution in [0.4, 0.5) is 0 Å². The van der Waals surface area contributed by atoms with Crippen molar-refractivity contribution >= 4 is 17.4 Å². The third kappa shape index (κ3) is 3.41. The third-order valence-corrected chi connectivity index (χ3v) is 3.81. The lowest BCUT2D eigenvalue weighted by Crippen LogP contribution is -2.19. The van der Waals surface area contributed by atoms with Gasteiger partial charge in [0.25, 0.3) is 0 Å². The Labute approximate surface area is 129 Å². The zero-order valence-electron chi connectivity index (χ0n) is 11.6. The Bertz CT molecular complexity index is 685. The number of halogens is 1. The van der Waals surface area contributed by atoms with E-state index in [4.69, 9.17) is 11.6 Å². The molecule has 2 aromatic carbocycles. The lowest BCUT2D eigenvalue weighted by Gasteiger charge is -2.15. The molecule has 0 aromatic heterocycles. The monoisotopic (exact) mass is 297 g/mol. The van der Waals surface area contributed by atoms with Crippen LogP contribution in [-0.2, 0) is 6.54 Å². The summed E-state index contributed by atoms with van der Waals surface area (Å²) in [5.74, 6) is 0.0129. The summed E-state index contributed by atoms with van der Waals surface area (Å²) in [5, 5.41) is 0.583. The van der Waals surface area contributed by atoms with E-state index in [0.29, 0.717) is 16.1 Å². The first-order valence-corrected chi connectivity index (χ1v) is 7.37. The third-order valence-electron chi connectivity index (χ3n) is 3.58. The van der Waals surface area contributed by atoms with Gasteiger partial charge in [-0.15, -0.1) is 0 Å². The van der Waals surface area contributed by atoms with Gasteiger partial charge in [0.05, 0.1) is 0 Å². The summed E-state index contributed by atoms with van der Waals surface area (Å²) in [7, 11) is 0. The highest BCUT2D eigenvalue weighted by Crippen LogP contribution is 2.17. The van der Waals surface area contributed by atoms with Crippen LogP contribution in [0.5, 0.6) is 0 Å². The van der Waals surface area contributed by atoms with Crippen molar-refractivity contribution in [2.24, 2.45) is 0 Å². The molecule has 0 N–H and O–H groups in total. The van der Waals surface area contributed by atoms with Crippen LogP contribution in [-0.4, -0.2) is 23.8 Å². The molecule has 0 spiro atoms. The number of hydrogen-bond donors (Lipinski definition) is 0. The maximum Gasteiger partial charge on any atom is 0.193 e. The van der Waals surface area contributed by atoms with Gasteiger partial charge in [-0.1, -0.05) is 54.1 Å². The van der Waals surface area contributed by atoms with Crippen LogP contribution in [0.2, 0.25) is 5.02 Å². The first kappa shape index (κ1) is 14.1. The topological polar surface area (TPSA) is 20.3 Å². The lowest BCUT2D eigenvalue weighted by atomic mass is 10.0. The van der Waals surface area contributed by atoms with Crippen LogP contribution in [0, 0.1) is 0 Å². The van der Waals surface area contributed by atoms with E-state index < -0.39 is 0 Å². The summed E-state index contributed by atoms with van der Waals surface area (Å²) in [6.45, 7) is 2.82. The fourth-order valence-corrected chi connectivity index (χ4v) is 2.71. The van der Waals surface area contributed by atoms with Crippen molar-refractivity contribution in [2.45, 2.75) is 6.54 Å². The van der Waals surface area contributed by atoms with Crippen molar-refractivity contribution in [1.29, 1.82) is 0 Å². The van der Waals surface area contributed by atoms with E-state index in [1.165, 1.54) is 0 Å². The van der Waals surface area contributed by atoms with E-state index in [0.717, 1.165) is 25.2 Å². The number of carbonyl (C=O) groups excluding carboxylic acids is 1. The summed E-state index contributed by atoms with van der Waals surface area (Å²) in [6.07, 6.45) is 4.34. The van der Waals surface area contributed by atoms with Crippen LogP contribution < -0.4 is 0 Å². The molecule has 1 aliphatic rings. The fraction of sp³-hybridized carbons (Fsp3) is 0.167. The highest BCUT2D eigenvalue weighted by Gasteiger charge is 2.12. The van der Waals surface area contributed by atoms with Crippen molar-refractivity contribution in [3.63, 3.8) is 0 Å². The van der Waals surface area contributed by atoms with Gasteiger partial charge in [0.1, 0.15) is 0 Å². The Kier molecular flexibility index (Phi) is 4.18. The Morgan fingerprint density at radius 2 is 1.67 bits per heavy atom. The Morgan fingerprint density at radius 3 is 2.38 bits per heavy atom. The number of carbonyl (C=O) groups is 1. The van der Waals surface area contributed by atoms with Crippen molar-refractivity contribution in [3.05, 3.63) is 82.4 Å². The molecule has 1 aliphatic heterocycles. The molecule has 0 aliphatic carbocycles. The maximum absolute atomic E-state index is 12.5. The predicted octanol–water partition coefficient (Wildman–Crippen LogP) is 3.94. The zero-order valence-corrected chi connectivity index (χ0v) is 12.4. The van der Waals surface area contributed by atoms with Crippen LogP contribution >= 0.6 is 11.6 Å². The summed E-state index contributed by atoms with van der Waals surface area (Å²) >= 11 is 5.96. The molecule has 1 heterocycles. The van der Waals surface area contributed by atoms with Crippen molar-refractivity contribution in [3.8, 4) is 0 Å². The molecule has 2 nitrogen and oxygen atoms in total. The highest BCUT2D eigenvalue weighted by molar-refractivity contribution is 6.31. The summed E-state index contributed by atoms with van der Waals surface area (Å²) < 4.78 is 0. The van der Waals surface area contributed by atoms with Gasteiger partial charge in [-0.2, -0.15) is 0 Å². The van der Waals surface area contributed by atoms with Crippen molar-refractivity contribution in [2.75, 3.05) is 13.1 Å². The van der Waals surface area contributed by atoms with E-state index in [-0.39, 0.29) is 5.78 Å². The molecule has 3 heteroatoms. The van der Waals surface area contributed by atoms with Crippen LogP contribution in [0.3, 0.4) is 0 Å². The molecule has 0 saturated heterocycles. The van der Waals surface area contributed by atoms with Gasteiger partial charge in [0.2, 0.25) is 0 Å². The number of hydrogen-bond acceptors (Lipinski definition) is 2. The van der Waals surface area contributed by atoms with Gasteiger partial charge in [-0.25, -0.2) is 0 Å². The summed E-state index contributed by atoms with van der Waals surface area (Å²) in [5.41, 5.74) is 2.50. The molecule has 0 radical (unpaired) electrons. The summed E-state index contributed by atoms with van der Waals surface area (Å²) in [4.78, 5) is 14.8. The molecular formula is C18H16ClNO. The molecule has 0 amide bonds. The molecule has 0 saturated carbocycles. The minimum Gasteiger partial charge on any atom is -0.292 e. The van der Waals surface area contributed by atoms with Crippen LogP contribution in [0.25, 0.3) is 0 Å². The first-order valence-electron chi connectivity index (χ1n) is 6.99. The van der Waals surface area contributed by atoms with Crippen molar-refractivity contribution in [1.82, 2.24) is 4.90 Å². The molecule has 21 heavy (non-hydrogen) atoms. The van der Waals surface area contributed by atoms with E-state index in [1.54, 1.807) is 24.3 Å². The van der Waals surface area contributed by atoms with Gasteiger partial charge in [-0.3, -0.25) is 9.69 Å². The molecule has 0 bridgehead atoms. The SMILES string of the molecule is O=C(c1cccc(Cl)c1)c1cccc(CN2CC=CC2)c1. The minimum atomic E-state index is 0.0129. The summed E-state index contributed by atoms with van der Waals surface area (Å²) in [6, 6.07) is 14.9. The van der Waals surface area contributed by atoms with E-state index in [2.05, 4.69) is 23.1 Å². The Morgan fingerprint density at radius 1 is 1.00 bits per heavy atom. The maximum atomic E-state index is 12.5. The van der Waals surface area contributed by atoms with E-state index in [1.807, 2.05) is 18.2 Å². The second kappa shape index (κ2) is 6.25. The predicted molar refractivity (Wildman–Crippen MR) is 85.7 cm³/mol. The second-order valence-corrected chi connectivity index (χ2v) is 5.64. The van der Waals surface area contributed by atoms with E-state index in [9.17, 15) is 4.79 Å². The molecule has 0 fully saturated rings. The first-order chi connectivity index (χ1) is 10.2. The van der Waals surface area contributed by atoms with Crippen molar-refractivity contribution < 1.29 is 4.79 Å². The van der Waals surface area contributed by atoms with Gasteiger partial charge in [-0.05, 0) is 23.8 Å².